The van der Waals surface area contributed by atoms with Crippen molar-refractivity contribution >= 4 is 23.2 Å². The van der Waals surface area contributed by atoms with Crippen molar-refractivity contribution < 1.29 is 4.79 Å². The van der Waals surface area contributed by atoms with Crippen molar-refractivity contribution in [3.63, 3.8) is 0 Å². The lowest BCUT2D eigenvalue weighted by Gasteiger charge is -2.25. The fourth-order valence-corrected chi connectivity index (χ4v) is 3.63. The summed E-state index contributed by atoms with van der Waals surface area (Å²) < 4.78 is 0. The molecule has 1 amide bonds. The van der Waals surface area contributed by atoms with E-state index >= 15 is 0 Å². The maximum Gasteiger partial charge on any atom is 0.236 e. The Kier molecular flexibility index (Phi) is 2.95. The molecule has 5 heteroatoms. The summed E-state index contributed by atoms with van der Waals surface area (Å²) >= 11 is 6.14. The first-order valence-corrected chi connectivity index (χ1v) is 6.92. The molecule has 2 N–H and O–H groups in total. The van der Waals surface area contributed by atoms with Gasteiger partial charge in [-0.05, 0) is 30.2 Å². The van der Waals surface area contributed by atoms with Gasteiger partial charge in [0.25, 0.3) is 0 Å². The number of fused-ring (bicyclic) bond motifs is 2. The standard InChI is InChI=1S/C14H18ClN3O/c1-17-8-14(4-5-18(9-14)13(19)7-16)11-6-10(15)2-3-12(11)17/h2-3,6H,4-5,7-9,16H2,1H3/t14-/m0/s1. The molecule has 0 aromatic heterocycles. The fraction of sp³-hybridized carbons (Fsp3) is 0.500. The van der Waals surface area contributed by atoms with Gasteiger partial charge in [-0.3, -0.25) is 4.79 Å². The number of likely N-dealkylation sites (tertiary alicyclic amines) is 1. The molecular weight excluding hydrogens is 262 g/mol. The van der Waals surface area contributed by atoms with Crippen LogP contribution in [0.5, 0.6) is 0 Å². The Morgan fingerprint density at radius 2 is 2.26 bits per heavy atom. The van der Waals surface area contributed by atoms with Crippen LogP contribution in [0.4, 0.5) is 5.69 Å². The number of nitrogens with zero attached hydrogens (tertiary/aromatic N) is 2. The van der Waals surface area contributed by atoms with Crippen molar-refractivity contribution in [1.29, 1.82) is 0 Å². The van der Waals surface area contributed by atoms with Crippen LogP contribution in [0.1, 0.15) is 12.0 Å². The molecule has 0 aliphatic carbocycles. The van der Waals surface area contributed by atoms with Crippen molar-refractivity contribution in [3.05, 3.63) is 28.8 Å². The summed E-state index contributed by atoms with van der Waals surface area (Å²) in [6.07, 6.45) is 0.983. The lowest BCUT2D eigenvalue weighted by molar-refractivity contribution is -0.128. The lowest BCUT2D eigenvalue weighted by Crippen LogP contribution is -2.39. The van der Waals surface area contributed by atoms with Crippen molar-refractivity contribution in [2.75, 3.05) is 38.1 Å². The second-order valence-electron chi connectivity index (χ2n) is 5.57. The normalized spacial score (nSPS) is 25.2. The van der Waals surface area contributed by atoms with E-state index in [2.05, 4.69) is 24.1 Å². The fourth-order valence-electron chi connectivity index (χ4n) is 3.45. The van der Waals surface area contributed by atoms with Crippen LogP contribution in [0.2, 0.25) is 5.02 Å². The molecule has 1 aromatic rings. The first-order chi connectivity index (χ1) is 9.05. The molecule has 0 bridgehead atoms. The van der Waals surface area contributed by atoms with Crippen molar-refractivity contribution in [2.24, 2.45) is 5.73 Å². The molecule has 4 nitrogen and oxygen atoms in total. The summed E-state index contributed by atoms with van der Waals surface area (Å²) in [5.41, 5.74) is 7.99. The number of halogens is 1. The Morgan fingerprint density at radius 3 is 3.00 bits per heavy atom. The first kappa shape index (κ1) is 12.8. The summed E-state index contributed by atoms with van der Waals surface area (Å²) in [4.78, 5) is 15.9. The second-order valence-corrected chi connectivity index (χ2v) is 6.00. The number of anilines is 1. The van der Waals surface area contributed by atoms with Gasteiger partial charge in [0.2, 0.25) is 5.91 Å². The monoisotopic (exact) mass is 279 g/mol. The topological polar surface area (TPSA) is 49.6 Å². The van der Waals surface area contributed by atoms with E-state index < -0.39 is 0 Å². The Morgan fingerprint density at radius 1 is 1.47 bits per heavy atom. The van der Waals surface area contributed by atoms with Crippen molar-refractivity contribution in [3.8, 4) is 0 Å². The summed E-state index contributed by atoms with van der Waals surface area (Å²) in [6.45, 7) is 2.57. The van der Waals surface area contributed by atoms with E-state index in [-0.39, 0.29) is 17.9 Å². The molecular formula is C14H18ClN3O. The van der Waals surface area contributed by atoms with Gasteiger partial charge in [0.15, 0.2) is 0 Å². The molecule has 0 radical (unpaired) electrons. The van der Waals surface area contributed by atoms with Gasteiger partial charge >= 0.3 is 0 Å². The Hall–Kier alpha value is -1.26. The van der Waals surface area contributed by atoms with Crippen LogP contribution in [0, 0.1) is 0 Å². The average Bonchev–Trinajstić information content (AvgIpc) is 2.93. The van der Waals surface area contributed by atoms with E-state index in [9.17, 15) is 4.79 Å². The van der Waals surface area contributed by atoms with Crippen LogP contribution < -0.4 is 10.6 Å². The van der Waals surface area contributed by atoms with Gasteiger partial charge in [-0.15, -0.1) is 0 Å². The average molecular weight is 280 g/mol. The maximum absolute atomic E-state index is 11.8. The predicted molar refractivity (Wildman–Crippen MR) is 76.7 cm³/mol. The van der Waals surface area contributed by atoms with E-state index in [1.807, 2.05) is 11.0 Å². The number of amides is 1. The number of rotatable bonds is 1. The molecule has 1 atom stereocenters. The van der Waals surface area contributed by atoms with Gasteiger partial charge in [-0.25, -0.2) is 0 Å². The van der Waals surface area contributed by atoms with Crippen LogP contribution >= 0.6 is 11.6 Å². The number of hydrogen-bond donors (Lipinski definition) is 1. The minimum absolute atomic E-state index is 0.0276. The number of likely N-dealkylation sites (N-methyl/N-ethyl adjacent to an activating group) is 1. The molecule has 2 aliphatic rings. The largest absolute Gasteiger partial charge is 0.373 e. The van der Waals surface area contributed by atoms with E-state index in [1.54, 1.807) is 0 Å². The van der Waals surface area contributed by atoms with Crippen molar-refractivity contribution in [2.45, 2.75) is 11.8 Å². The molecule has 2 aliphatic heterocycles. The third kappa shape index (κ3) is 1.90. The van der Waals surface area contributed by atoms with Gasteiger partial charge in [-0.1, -0.05) is 11.6 Å². The summed E-state index contributed by atoms with van der Waals surface area (Å²) in [5.74, 6) is 0.0370. The molecule has 102 valence electrons. The number of hydrogen-bond acceptors (Lipinski definition) is 3. The number of nitrogens with two attached hydrogens (primary N) is 1. The Balaban J connectivity index is 1.96. The summed E-state index contributed by atoms with van der Waals surface area (Å²) in [6, 6.07) is 6.05. The number of carbonyl (C=O) groups excluding carboxylic acids is 1. The van der Waals surface area contributed by atoms with E-state index in [0.717, 1.165) is 31.1 Å². The van der Waals surface area contributed by atoms with Crippen LogP contribution in [-0.4, -0.2) is 44.0 Å². The van der Waals surface area contributed by atoms with Gasteiger partial charge in [0, 0.05) is 42.8 Å². The molecule has 1 spiro atoms. The molecule has 1 saturated heterocycles. The quantitative estimate of drug-likeness (QED) is 0.841. The minimum Gasteiger partial charge on any atom is -0.373 e. The SMILES string of the molecule is CN1C[C@]2(CCN(C(=O)CN)C2)c2cc(Cl)ccc21. The Labute approximate surface area is 118 Å². The molecule has 3 rings (SSSR count). The molecule has 0 saturated carbocycles. The third-order valence-corrected chi connectivity index (χ3v) is 4.60. The van der Waals surface area contributed by atoms with Crippen LogP contribution in [0.25, 0.3) is 0 Å². The highest BCUT2D eigenvalue weighted by atomic mass is 35.5. The van der Waals surface area contributed by atoms with Gasteiger partial charge < -0.3 is 15.5 Å². The smallest absolute Gasteiger partial charge is 0.236 e. The lowest BCUT2D eigenvalue weighted by atomic mass is 9.81. The number of benzene rings is 1. The van der Waals surface area contributed by atoms with E-state index in [1.165, 1.54) is 11.3 Å². The zero-order valence-electron chi connectivity index (χ0n) is 11.0. The predicted octanol–water partition coefficient (Wildman–Crippen LogP) is 1.22. The van der Waals surface area contributed by atoms with Crippen LogP contribution in [0.3, 0.4) is 0 Å². The van der Waals surface area contributed by atoms with Gasteiger partial charge in [-0.2, -0.15) is 0 Å². The van der Waals surface area contributed by atoms with Crippen LogP contribution in [-0.2, 0) is 10.2 Å². The Bertz CT molecular complexity index is 533. The molecule has 0 unspecified atom stereocenters. The van der Waals surface area contributed by atoms with E-state index in [0.29, 0.717) is 0 Å². The van der Waals surface area contributed by atoms with Crippen LogP contribution in [0.15, 0.2) is 18.2 Å². The minimum atomic E-state index is 0.0276. The maximum atomic E-state index is 11.8. The third-order valence-electron chi connectivity index (χ3n) is 4.36. The molecule has 19 heavy (non-hydrogen) atoms. The highest BCUT2D eigenvalue weighted by Gasteiger charge is 2.47. The highest BCUT2D eigenvalue weighted by molar-refractivity contribution is 6.30. The highest BCUT2D eigenvalue weighted by Crippen LogP contribution is 2.46. The zero-order valence-corrected chi connectivity index (χ0v) is 11.8. The summed E-state index contributed by atoms with van der Waals surface area (Å²) in [7, 11) is 2.09. The molecule has 1 aromatic carbocycles. The van der Waals surface area contributed by atoms with Gasteiger partial charge in [0.05, 0.1) is 6.54 Å². The molecule has 1 fully saturated rings. The second kappa shape index (κ2) is 4.39. The molecule has 2 heterocycles. The van der Waals surface area contributed by atoms with E-state index in [4.69, 9.17) is 17.3 Å². The zero-order chi connectivity index (χ0) is 13.6. The van der Waals surface area contributed by atoms with Crippen molar-refractivity contribution in [1.82, 2.24) is 4.90 Å². The number of carbonyl (C=O) groups is 1. The van der Waals surface area contributed by atoms with Gasteiger partial charge in [0.1, 0.15) is 0 Å². The first-order valence-electron chi connectivity index (χ1n) is 6.55. The summed E-state index contributed by atoms with van der Waals surface area (Å²) in [5, 5.41) is 0.761.